The lowest BCUT2D eigenvalue weighted by molar-refractivity contribution is -0.119. The fraction of sp³-hybridized carbons (Fsp3) is 0.308. The van der Waals surface area contributed by atoms with Gasteiger partial charge in [-0.3, -0.25) is 9.59 Å². The molecule has 1 heterocycles. The van der Waals surface area contributed by atoms with E-state index in [9.17, 15) is 9.59 Å². The van der Waals surface area contributed by atoms with Gasteiger partial charge in [0, 0.05) is 12.3 Å². The summed E-state index contributed by atoms with van der Waals surface area (Å²) < 4.78 is 0. The average Bonchev–Trinajstić information content (AvgIpc) is 2.72. The molecule has 0 bridgehead atoms. The molecule has 5 heteroatoms. The van der Waals surface area contributed by atoms with Crippen molar-refractivity contribution in [2.75, 3.05) is 0 Å². The third-order valence-corrected chi connectivity index (χ3v) is 3.08. The quantitative estimate of drug-likeness (QED) is 0.656. The van der Waals surface area contributed by atoms with Gasteiger partial charge in [0.05, 0.1) is 11.7 Å². The van der Waals surface area contributed by atoms with E-state index >= 15 is 0 Å². The molecule has 0 aliphatic heterocycles. The molecule has 4 nitrogen and oxygen atoms in total. The molecule has 96 valence electrons. The molecule has 0 radical (unpaired) electrons. The van der Waals surface area contributed by atoms with Crippen LogP contribution in [0.25, 0.3) is 6.08 Å². The summed E-state index contributed by atoms with van der Waals surface area (Å²) in [5.74, 6) is -0.0583. The SMILES string of the molecule is CC(=O)/C=C/C=C\c1csc([C@@H](C)NC(C)=O)n1. The predicted octanol–water partition coefficient (Wildman–Crippen LogP) is 2.50. The fourth-order valence-corrected chi connectivity index (χ4v) is 2.08. The minimum Gasteiger partial charge on any atom is -0.347 e. The Morgan fingerprint density at radius 2 is 2.11 bits per heavy atom. The number of carbonyl (C=O) groups is 2. The van der Waals surface area contributed by atoms with Crippen molar-refractivity contribution in [3.8, 4) is 0 Å². The highest BCUT2D eigenvalue weighted by Gasteiger charge is 2.09. The molecule has 1 aromatic rings. The topological polar surface area (TPSA) is 59.1 Å². The number of rotatable bonds is 5. The largest absolute Gasteiger partial charge is 0.347 e. The first kappa shape index (κ1) is 14.3. The molecule has 0 spiro atoms. The first-order valence-corrected chi connectivity index (χ1v) is 6.45. The Kier molecular flexibility index (Phi) is 5.45. The summed E-state index contributed by atoms with van der Waals surface area (Å²) in [6, 6.07) is -0.0811. The van der Waals surface area contributed by atoms with E-state index in [0.717, 1.165) is 10.7 Å². The van der Waals surface area contributed by atoms with Gasteiger partial charge in [-0.2, -0.15) is 0 Å². The highest BCUT2D eigenvalue weighted by atomic mass is 32.1. The molecule has 0 saturated heterocycles. The van der Waals surface area contributed by atoms with Gasteiger partial charge in [-0.15, -0.1) is 11.3 Å². The molecule has 1 N–H and O–H groups in total. The summed E-state index contributed by atoms with van der Waals surface area (Å²) in [6.45, 7) is 4.88. The number of allylic oxidation sites excluding steroid dienone is 3. The number of hydrogen-bond donors (Lipinski definition) is 1. The Morgan fingerprint density at radius 3 is 2.72 bits per heavy atom. The fourth-order valence-electron chi connectivity index (χ4n) is 1.29. The van der Waals surface area contributed by atoms with Crippen molar-refractivity contribution in [2.45, 2.75) is 26.8 Å². The van der Waals surface area contributed by atoms with Crippen LogP contribution >= 0.6 is 11.3 Å². The Bertz CT molecular complexity index is 489. The van der Waals surface area contributed by atoms with Crippen molar-refractivity contribution < 1.29 is 9.59 Å². The summed E-state index contributed by atoms with van der Waals surface area (Å²) in [5.41, 5.74) is 0.820. The smallest absolute Gasteiger partial charge is 0.217 e. The first-order chi connectivity index (χ1) is 8.49. The van der Waals surface area contributed by atoms with E-state index < -0.39 is 0 Å². The Labute approximate surface area is 110 Å². The molecule has 0 aliphatic rings. The molecule has 0 saturated carbocycles. The van der Waals surface area contributed by atoms with Crippen LogP contribution in [0.1, 0.15) is 37.5 Å². The summed E-state index contributed by atoms with van der Waals surface area (Å²) in [4.78, 5) is 26.0. The molecular weight excluding hydrogens is 248 g/mol. The van der Waals surface area contributed by atoms with Crippen LogP contribution < -0.4 is 5.32 Å². The van der Waals surface area contributed by atoms with E-state index in [1.165, 1.54) is 31.3 Å². The zero-order valence-corrected chi connectivity index (χ0v) is 11.5. The highest BCUT2D eigenvalue weighted by molar-refractivity contribution is 7.09. The van der Waals surface area contributed by atoms with E-state index in [4.69, 9.17) is 0 Å². The summed E-state index contributed by atoms with van der Waals surface area (Å²) in [6.07, 6.45) is 6.76. The van der Waals surface area contributed by atoms with Crippen LogP contribution in [0.2, 0.25) is 0 Å². The van der Waals surface area contributed by atoms with Gasteiger partial charge in [0.1, 0.15) is 5.01 Å². The lowest BCUT2D eigenvalue weighted by Gasteiger charge is -2.07. The van der Waals surface area contributed by atoms with Crippen molar-refractivity contribution in [1.82, 2.24) is 10.3 Å². The first-order valence-electron chi connectivity index (χ1n) is 5.57. The van der Waals surface area contributed by atoms with Crippen molar-refractivity contribution in [2.24, 2.45) is 0 Å². The van der Waals surface area contributed by atoms with Crippen molar-refractivity contribution in [3.05, 3.63) is 34.3 Å². The third-order valence-electron chi connectivity index (χ3n) is 2.04. The number of thiazole rings is 1. The Balaban J connectivity index is 2.63. The number of amides is 1. The van der Waals surface area contributed by atoms with E-state index in [1.807, 2.05) is 18.4 Å². The van der Waals surface area contributed by atoms with Crippen LogP contribution in [-0.2, 0) is 9.59 Å². The summed E-state index contributed by atoms with van der Waals surface area (Å²) in [7, 11) is 0. The molecule has 1 aromatic heterocycles. The minimum absolute atomic E-state index is 0.0119. The maximum atomic E-state index is 10.9. The number of hydrogen-bond acceptors (Lipinski definition) is 4. The molecule has 1 rings (SSSR count). The maximum absolute atomic E-state index is 10.9. The van der Waals surface area contributed by atoms with Crippen LogP contribution in [0.5, 0.6) is 0 Å². The lowest BCUT2D eigenvalue weighted by Crippen LogP contribution is -2.23. The summed E-state index contributed by atoms with van der Waals surface area (Å²) >= 11 is 1.50. The zero-order valence-electron chi connectivity index (χ0n) is 10.6. The number of carbonyl (C=O) groups excluding carboxylic acids is 2. The normalized spacial score (nSPS) is 13.1. The molecular formula is C13H16N2O2S. The van der Waals surface area contributed by atoms with E-state index in [0.29, 0.717) is 0 Å². The van der Waals surface area contributed by atoms with Gasteiger partial charge < -0.3 is 5.32 Å². The predicted molar refractivity (Wildman–Crippen MR) is 73.2 cm³/mol. The molecule has 0 aliphatic carbocycles. The number of ketones is 1. The maximum Gasteiger partial charge on any atom is 0.217 e. The molecule has 1 atom stereocenters. The van der Waals surface area contributed by atoms with Gasteiger partial charge >= 0.3 is 0 Å². The average molecular weight is 264 g/mol. The van der Waals surface area contributed by atoms with Gasteiger partial charge in [0.2, 0.25) is 5.91 Å². The number of nitrogens with one attached hydrogen (secondary N) is 1. The second-order valence-electron chi connectivity index (χ2n) is 3.86. The van der Waals surface area contributed by atoms with Crippen LogP contribution in [0, 0.1) is 0 Å². The molecule has 0 unspecified atom stereocenters. The van der Waals surface area contributed by atoms with Crippen LogP contribution in [-0.4, -0.2) is 16.7 Å². The molecule has 1 amide bonds. The number of nitrogens with zero attached hydrogens (tertiary/aromatic N) is 1. The van der Waals surface area contributed by atoms with Gasteiger partial charge in [-0.25, -0.2) is 4.98 Å². The molecule has 0 fully saturated rings. The van der Waals surface area contributed by atoms with Crippen molar-refractivity contribution in [3.63, 3.8) is 0 Å². The van der Waals surface area contributed by atoms with Crippen LogP contribution in [0.15, 0.2) is 23.6 Å². The van der Waals surface area contributed by atoms with E-state index in [-0.39, 0.29) is 17.7 Å². The van der Waals surface area contributed by atoms with Crippen molar-refractivity contribution in [1.29, 1.82) is 0 Å². The van der Waals surface area contributed by atoms with Gasteiger partial charge in [0.25, 0.3) is 0 Å². The molecule has 18 heavy (non-hydrogen) atoms. The van der Waals surface area contributed by atoms with Gasteiger partial charge in [-0.1, -0.05) is 12.2 Å². The minimum atomic E-state index is -0.0811. The van der Waals surface area contributed by atoms with Crippen LogP contribution in [0.3, 0.4) is 0 Å². The Morgan fingerprint density at radius 1 is 1.39 bits per heavy atom. The highest BCUT2D eigenvalue weighted by Crippen LogP contribution is 2.18. The standard InChI is InChI=1S/C13H16N2O2S/c1-9(16)6-4-5-7-12-8-18-13(15-12)10(2)14-11(3)17/h4-8,10H,1-3H3,(H,14,17)/b6-4+,7-5-/t10-/m1/s1. The van der Waals surface area contributed by atoms with Crippen molar-refractivity contribution >= 4 is 29.1 Å². The molecule has 0 aromatic carbocycles. The zero-order chi connectivity index (χ0) is 13.5. The van der Waals surface area contributed by atoms with E-state index in [2.05, 4.69) is 10.3 Å². The number of aromatic nitrogens is 1. The lowest BCUT2D eigenvalue weighted by atomic mass is 10.3. The second kappa shape index (κ2) is 6.86. The van der Waals surface area contributed by atoms with E-state index in [1.54, 1.807) is 12.2 Å². The van der Waals surface area contributed by atoms with Gasteiger partial charge in [0.15, 0.2) is 5.78 Å². The Hall–Kier alpha value is -1.75. The second-order valence-corrected chi connectivity index (χ2v) is 4.75. The third kappa shape index (κ3) is 5.05. The van der Waals surface area contributed by atoms with Gasteiger partial charge in [-0.05, 0) is 26.0 Å². The van der Waals surface area contributed by atoms with Crippen LogP contribution in [0.4, 0.5) is 0 Å². The summed E-state index contributed by atoms with van der Waals surface area (Å²) in [5, 5.41) is 5.55. The monoisotopic (exact) mass is 264 g/mol.